The van der Waals surface area contributed by atoms with Crippen LogP contribution in [-0.4, -0.2) is 11.0 Å². The van der Waals surface area contributed by atoms with Crippen LogP contribution in [0.2, 0.25) is 15.1 Å². The molecule has 0 saturated carbocycles. The summed E-state index contributed by atoms with van der Waals surface area (Å²) in [5, 5.41) is 8.16. The van der Waals surface area contributed by atoms with E-state index < -0.39 is 0 Å². The summed E-state index contributed by atoms with van der Waals surface area (Å²) in [7, 11) is 0. The van der Waals surface area contributed by atoms with Gasteiger partial charge < -0.3 is 5.32 Å². The standard InChI is InChI=1S/C17H11Cl3N2OS2/c18-10-6-5-9(12(19)7-10)8-21-17(24)22-16(23)15-14(20)11-3-1-2-4-13(11)25-15/h1-7H,8H2,(H2,21,22,23,24). The molecule has 0 saturated heterocycles. The number of thiocarbonyl (C=S) groups is 1. The number of amides is 1. The minimum Gasteiger partial charge on any atom is -0.358 e. The van der Waals surface area contributed by atoms with E-state index in [1.165, 1.54) is 11.3 Å². The molecule has 0 aliphatic carbocycles. The van der Waals surface area contributed by atoms with Crippen LogP contribution < -0.4 is 10.6 Å². The molecule has 0 unspecified atom stereocenters. The molecule has 3 nitrogen and oxygen atoms in total. The summed E-state index contributed by atoms with van der Waals surface area (Å²) in [5.41, 5.74) is 0.822. The Hall–Kier alpha value is -1.37. The fourth-order valence-electron chi connectivity index (χ4n) is 2.20. The molecule has 1 aromatic heterocycles. The smallest absolute Gasteiger partial charge is 0.269 e. The zero-order valence-electron chi connectivity index (χ0n) is 12.6. The van der Waals surface area contributed by atoms with Gasteiger partial charge in [-0.15, -0.1) is 11.3 Å². The Bertz CT molecular complexity index is 972. The van der Waals surface area contributed by atoms with Gasteiger partial charge in [-0.05, 0) is 36.0 Å². The Kier molecular flexibility index (Phi) is 5.81. The van der Waals surface area contributed by atoms with E-state index in [9.17, 15) is 4.79 Å². The highest BCUT2D eigenvalue weighted by molar-refractivity contribution is 7.80. The molecule has 1 amide bonds. The van der Waals surface area contributed by atoms with E-state index in [0.717, 1.165) is 15.6 Å². The van der Waals surface area contributed by atoms with E-state index >= 15 is 0 Å². The normalized spacial score (nSPS) is 10.7. The minimum atomic E-state index is -0.342. The third kappa shape index (κ3) is 4.25. The van der Waals surface area contributed by atoms with Crippen molar-refractivity contribution in [3.05, 3.63) is 68.0 Å². The van der Waals surface area contributed by atoms with Crippen molar-refractivity contribution in [2.24, 2.45) is 0 Å². The molecular formula is C17H11Cl3N2OS2. The number of fused-ring (bicyclic) bond motifs is 1. The van der Waals surface area contributed by atoms with Crippen molar-refractivity contribution in [3.8, 4) is 0 Å². The number of rotatable bonds is 3. The third-order valence-electron chi connectivity index (χ3n) is 3.42. The van der Waals surface area contributed by atoms with Crippen molar-refractivity contribution >= 4 is 79.5 Å². The number of hydrogen-bond acceptors (Lipinski definition) is 3. The lowest BCUT2D eigenvalue weighted by Gasteiger charge is -2.10. The molecule has 0 fully saturated rings. The summed E-state index contributed by atoms with van der Waals surface area (Å²) >= 11 is 24.8. The van der Waals surface area contributed by atoms with Crippen LogP contribution in [0, 0.1) is 0 Å². The summed E-state index contributed by atoms with van der Waals surface area (Å²) in [6.45, 7) is 0.370. The van der Waals surface area contributed by atoms with E-state index in [-0.39, 0.29) is 11.0 Å². The maximum absolute atomic E-state index is 12.4. The third-order valence-corrected chi connectivity index (χ3v) is 5.93. The van der Waals surface area contributed by atoms with Crippen molar-refractivity contribution in [1.82, 2.24) is 10.6 Å². The molecule has 1 heterocycles. The van der Waals surface area contributed by atoms with Gasteiger partial charge in [0.25, 0.3) is 5.91 Å². The molecule has 3 rings (SSSR count). The Balaban J connectivity index is 1.65. The van der Waals surface area contributed by atoms with Crippen LogP contribution in [0.3, 0.4) is 0 Å². The molecule has 2 N–H and O–H groups in total. The lowest BCUT2D eigenvalue weighted by molar-refractivity contribution is 0.0981. The van der Waals surface area contributed by atoms with Crippen molar-refractivity contribution < 1.29 is 4.79 Å². The van der Waals surface area contributed by atoms with Gasteiger partial charge in [-0.3, -0.25) is 10.1 Å². The first-order valence-corrected chi connectivity index (χ1v) is 9.51. The van der Waals surface area contributed by atoms with Crippen molar-refractivity contribution in [3.63, 3.8) is 0 Å². The molecule has 0 aliphatic rings. The first-order chi connectivity index (χ1) is 12.0. The van der Waals surface area contributed by atoms with Crippen LogP contribution in [0.5, 0.6) is 0 Å². The van der Waals surface area contributed by atoms with Crippen LogP contribution in [0.1, 0.15) is 15.2 Å². The number of nitrogens with one attached hydrogen (secondary N) is 2. The van der Waals surface area contributed by atoms with E-state index in [1.807, 2.05) is 24.3 Å². The number of benzene rings is 2. The summed E-state index contributed by atoms with van der Waals surface area (Å²) in [5.74, 6) is -0.342. The molecule has 128 valence electrons. The zero-order valence-corrected chi connectivity index (χ0v) is 16.5. The minimum absolute atomic E-state index is 0.199. The van der Waals surface area contributed by atoms with E-state index in [2.05, 4.69) is 10.6 Å². The quantitative estimate of drug-likeness (QED) is 0.527. The highest BCUT2D eigenvalue weighted by Crippen LogP contribution is 2.34. The Morgan fingerprint density at radius 2 is 1.88 bits per heavy atom. The topological polar surface area (TPSA) is 41.1 Å². The monoisotopic (exact) mass is 428 g/mol. The van der Waals surface area contributed by atoms with Crippen molar-refractivity contribution in [2.75, 3.05) is 0 Å². The lowest BCUT2D eigenvalue weighted by atomic mass is 10.2. The molecule has 25 heavy (non-hydrogen) atoms. The SMILES string of the molecule is O=C(NC(=S)NCc1ccc(Cl)cc1Cl)c1sc2ccccc2c1Cl. The van der Waals surface area contributed by atoms with Crippen molar-refractivity contribution in [1.29, 1.82) is 0 Å². The summed E-state index contributed by atoms with van der Waals surface area (Å²) in [4.78, 5) is 12.8. The van der Waals surface area contributed by atoms with Crippen LogP contribution in [-0.2, 0) is 6.54 Å². The second-order valence-electron chi connectivity index (χ2n) is 5.11. The number of carbonyl (C=O) groups is 1. The zero-order chi connectivity index (χ0) is 18.0. The molecule has 3 aromatic rings. The maximum atomic E-state index is 12.4. The Morgan fingerprint density at radius 3 is 2.60 bits per heavy atom. The van der Waals surface area contributed by atoms with Crippen LogP contribution in [0.4, 0.5) is 0 Å². The second-order valence-corrected chi connectivity index (χ2v) is 7.80. The van der Waals surface area contributed by atoms with Gasteiger partial charge in [0.1, 0.15) is 4.88 Å². The lowest BCUT2D eigenvalue weighted by Crippen LogP contribution is -2.38. The summed E-state index contributed by atoms with van der Waals surface area (Å²) < 4.78 is 0.949. The van der Waals surface area contributed by atoms with Gasteiger partial charge >= 0.3 is 0 Å². The largest absolute Gasteiger partial charge is 0.358 e. The first-order valence-electron chi connectivity index (χ1n) is 7.16. The fraction of sp³-hybridized carbons (Fsp3) is 0.0588. The van der Waals surface area contributed by atoms with Gasteiger partial charge in [-0.25, -0.2) is 0 Å². The molecule has 8 heteroatoms. The molecule has 0 aliphatic heterocycles. The van der Waals surface area contributed by atoms with E-state index in [0.29, 0.717) is 26.5 Å². The number of thiophene rings is 1. The predicted molar refractivity (Wildman–Crippen MR) is 110 cm³/mol. The van der Waals surface area contributed by atoms with Gasteiger partial charge in [0.2, 0.25) is 0 Å². The average Bonchev–Trinajstić information content (AvgIpc) is 2.91. The maximum Gasteiger partial charge on any atom is 0.269 e. The van der Waals surface area contributed by atoms with E-state index in [1.54, 1.807) is 18.2 Å². The molecule has 2 aromatic carbocycles. The predicted octanol–water partition coefficient (Wildman–Crippen LogP) is 5.67. The summed E-state index contributed by atoms with van der Waals surface area (Å²) in [6, 6.07) is 12.8. The van der Waals surface area contributed by atoms with Crippen LogP contribution in [0.25, 0.3) is 10.1 Å². The first kappa shape index (κ1) is 18.4. The van der Waals surface area contributed by atoms with E-state index in [4.69, 9.17) is 47.0 Å². The molecule has 0 spiro atoms. The highest BCUT2D eigenvalue weighted by Gasteiger charge is 2.17. The molecular weight excluding hydrogens is 419 g/mol. The Morgan fingerprint density at radius 1 is 1.12 bits per heavy atom. The number of hydrogen-bond donors (Lipinski definition) is 2. The van der Waals surface area contributed by atoms with Gasteiger partial charge in [0.05, 0.1) is 5.02 Å². The number of carbonyl (C=O) groups excluding carboxylic acids is 1. The van der Waals surface area contributed by atoms with Crippen LogP contribution in [0.15, 0.2) is 42.5 Å². The number of halogens is 3. The highest BCUT2D eigenvalue weighted by atomic mass is 35.5. The van der Waals surface area contributed by atoms with Crippen LogP contribution >= 0.6 is 58.4 Å². The fourth-order valence-corrected chi connectivity index (χ4v) is 4.26. The molecule has 0 bridgehead atoms. The Labute approximate surface area is 168 Å². The molecule has 0 atom stereocenters. The van der Waals surface area contributed by atoms with Gasteiger partial charge in [0.15, 0.2) is 5.11 Å². The average molecular weight is 430 g/mol. The van der Waals surface area contributed by atoms with Gasteiger partial charge in [-0.1, -0.05) is 59.1 Å². The van der Waals surface area contributed by atoms with Gasteiger partial charge in [-0.2, -0.15) is 0 Å². The molecule has 0 radical (unpaired) electrons. The second kappa shape index (κ2) is 7.89. The summed E-state index contributed by atoms with van der Waals surface area (Å²) in [6.07, 6.45) is 0. The van der Waals surface area contributed by atoms with Gasteiger partial charge in [0, 0.05) is 26.7 Å². The van der Waals surface area contributed by atoms with Crippen molar-refractivity contribution in [2.45, 2.75) is 6.54 Å².